The molecule has 0 aromatic rings. The van der Waals surface area contributed by atoms with E-state index in [-0.39, 0.29) is 103 Å². The van der Waals surface area contributed by atoms with E-state index in [0.29, 0.717) is 25.9 Å². The zero-order valence-corrected chi connectivity index (χ0v) is 61.3. The molecule has 91 heavy (non-hydrogen) atoms. The maximum Gasteiger partial charge on any atom is 1.00 e. The molecule has 2 fully saturated rings. The summed E-state index contributed by atoms with van der Waals surface area (Å²) in [4.78, 5) is 65.4. The molecule has 0 aliphatic carbocycles. The number of hydrogen-bond acceptors (Lipinski definition) is 15. The van der Waals surface area contributed by atoms with Gasteiger partial charge >= 0.3 is 59.1 Å². The van der Waals surface area contributed by atoms with Crippen LogP contribution in [-0.4, -0.2) is 125 Å². The summed E-state index contributed by atoms with van der Waals surface area (Å²) in [5.41, 5.74) is 0. The van der Waals surface area contributed by atoms with Gasteiger partial charge in [0.1, 0.15) is 30.4 Å². The molecule has 2 saturated heterocycles. The van der Waals surface area contributed by atoms with Crippen LogP contribution in [0.3, 0.4) is 0 Å². The third-order valence-corrected chi connectivity index (χ3v) is 16.0. The van der Waals surface area contributed by atoms with Crippen LogP contribution in [0.2, 0.25) is 0 Å². The zero-order valence-electron chi connectivity index (χ0n) is 56.4. The largest absolute Gasteiger partial charge is 1.00 e. The number of unbranched alkanes of at least 4 members (excludes halogenated alkanes) is 22. The van der Waals surface area contributed by atoms with E-state index in [2.05, 4.69) is 121 Å². The van der Waals surface area contributed by atoms with E-state index in [1.807, 2.05) is 6.92 Å². The second-order valence-corrected chi connectivity index (χ2v) is 24.0. The number of hydrogen-bond donors (Lipinski definition) is 3. The van der Waals surface area contributed by atoms with Crippen molar-refractivity contribution in [3.8, 4) is 83.4 Å². The first-order valence-corrected chi connectivity index (χ1v) is 34.4. The number of carbonyl (C=O) groups is 3. The van der Waals surface area contributed by atoms with Gasteiger partial charge in [-0.1, -0.05) is 174 Å². The number of phosphoric acid groups is 1. The molecule has 0 spiro atoms. The molecule has 0 saturated carbocycles. The zero-order chi connectivity index (χ0) is 65.0. The summed E-state index contributed by atoms with van der Waals surface area (Å²) in [5, 5.41) is 17.9. The topological polar surface area (TPSA) is 233 Å². The maximum atomic E-state index is 14.0. The minimum Gasteiger partial charge on any atom is -0.790 e. The third-order valence-electron chi connectivity index (χ3n) is 15.5. The van der Waals surface area contributed by atoms with Gasteiger partial charge in [0.05, 0.1) is 52.2 Å². The van der Waals surface area contributed by atoms with E-state index < -0.39 is 87.7 Å². The van der Waals surface area contributed by atoms with Gasteiger partial charge in [-0.05, 0) is 122 Å². The van der Waals surface area contributed by atoms with Crippen LogP contribution in [0.5, 0.6) is 0 Å². The Balaban J connectivity index is 0.0000405. The quantitative estimate of drug-likeness (QED) is 0.0197. The number of ketones is 1. The van der Waals surface area contributed by atoms with Crippen LogP contribution in [0, 0.1) is 89.3 Å². The van der Waals surface area contributed by atoms with E-state index >= 15 is 0 Å². The standard InChI is InChI=1S/C71H107N2O15P.2Na/c1-8-12-16-20-23-26-28-30-31-33-35-37-39-43-47-51-63(75)72-65-68(84-54-52-60(82-7)50-46-41-19-15-11-4)58(5)61(56-81-6)86-70(65)85-57-62-67(77)69(83-53-48-44-40-25-22-18-14-10-3)66(71(87-62)88-89(78,79)80)73-64(76)55-59(74)49-45-42-38-36-34-32-29-27-24-21-17-13-9-2;;/h2,26,28,58,60-62,65-71,77H,8,10-12,14-16,18-20,22-23,25,30-31,33,35,37,39-41,43-44,46-57H2,1,3-7H3,(H,72,75)(H,73,76)(H2,78,79,80);;/q;2*+1/p-2/b28-26-;;/t58-,60-,61-,62-,65-,66-,67-,68+,69-,70-,71-;;/m1../s1. The van der Waals surface area contributed by atoms with Crippen molar-refractivity contribution in [3.63, 3.8) is 0 Å². The second-order valence-electron chi connectivity index (χ2n) is 22.9. The molecule has 17 nitrogen and oxygen atoms in total. The van der Waals surface area contributed by atoms with Gasteiger partial charge < -0.3 is 67.8 Å². The van der Waals surface area contributed by atoms with E-state index in [1.54, 1.807) is 14.2 Å². The van der Waals surface area contributed by atoms with Crippen molar-refractivity contribution in [1.29, 1.82) is 0 Å². The Labute approximate surface area is 592 Å². The molecule has 2 heterocycles. The average molecular weight is 1300 g/mol. The second kappa shape index (κ2) is 58.4. The summed E-state index contributed by atoms with van der Waals surface area (Å²) in [7, 11) is -2.62. The number of amides is 2. The number of terminal acetylenes is 1. The number of allylic oxidation sites excluding steroid dienone is 2. The number of Topliss-reactive ketones (excluding diaryl/α,β-unsaturated/α-hetero) is 1. The first-order valence-electron chi connectivity index (χ1n) is 33.0. The molecule has 2 rings (SSSR count). The van der Waals surface area contributed by atoms with E-state index in [0.717, 1.165) is 109 Å². The number of ether oxygens (including phenoxy) is 7. The van der Waals surface area contributed by atoms with Crippen LogP contribution in [0.15, 0.2) is 12.2 Å². The van der Waals surface area contributed by atoms with Gasteiger partial charge in [0, 0.05) is 39.8 Å². The maximum absolute atomic E-state index is 14.0. The van der Waals surface area contributed by atoms with Crippen LogP contribution < -0.4 is 79.5 Å². The van der Waals surface area contributed by atoms with Crippen LogP contribution >= 0.6 is 7.82 Å². The number of rotatable bonds is 48. The van der Waals surface area contributed by atoms with Gasteiger partial charge in [0.15, 0.2) is 18.4 Å². The van der Waals surface area contributed by atoms with E-state index in [9.17, 15) is 33.8 Å². The molecule has 2 aliphatic heterocycles. The summed E-state index contributed by atoms with van der Waals surface area (Å²) in [5.74, 6) is 29.5. The fourth-order valence-corrected chi connectivity index (χ4v) is 11.0. The molecule has 20 heteroatoms. The summed E-state index contributed by atoms with van der Waals surface area (Å²) in [6, 6.07) is -2.50. The Morgan fingerprint density at radius 1 is 0.582 bits per heavy atom. The van der Waals surface area contributed by atoms with E-state index in [4.69, 9.17) is 44.1 Å². The molecule has 0 bridgehead atoms. The Bertz CT molecular complexity index is 2510. The third kappa shape index (κ3) is 43.7. The molecule has 0 aromatic carbocycles. The van der Waals surface area contributed by atoms with Crippen molar-refractivity contribution < 1.29 is 131 Å². The molecule has 0 aromatic heterocycles. The molecule has 2 aliphatic rings. The van der Waals surface area contributed by atoms with Gasteiger partial charge in [-0.3, -0.25) is 14.4 Å². The normalized spacial score (nSPS) is 21.0. The minimum atomic E-state index is -5.87. The van der Waals surface area contributed by atoms with Crippen LogP contribution in [0.4, 0.5) is 0 Å². The number of carbonyl (C=O) groups excluding carboxylic acids is 3. The fourth-order valence-electron chi connectivity index (χ4n) is 10.5. The van der Waals surface area contributed by atoms with Crippen molar-refractivity contribution in [1.82, 2.24) is 10.6 Å². The van der Waals surface area contributed by atoms with Crippen molar-refractivity contribution in [2.45, 2.75) is 288 Å². The van der Waals surface area contributed by atoms with Gasteiger partial charge in [0.25, 0.3) is 0 Å². The van der Waals surface area contributed by atoms with Crippen LogP contribution in [0.25, 0.3) is 0 Å². The SMILES string of the molecule is C#CC#CC#CC#CC#CC#CC#CCC(=O)CC(=O)N[C@H]1[C@@H](OP(=O)([O-])[O-])O[C@H](CO[C@@H]2O[C@H](COC)[C@@H](C)[C@H](OCC[C@@H](CCCCCCC)OC)[C@H]2NC(=O)CCCCCCCCC/C=C\CCCCCC)[C@@H](O)[C@@H]1OCCCCCCCCCC.[Na+].[Na+]. The van der Waals surface area contributed by atoms with Gasteiger partial charge in [-0.25, -0.2) is 0 Å². The fraction of sp³-hybridized carbons (Fsp3) is 0.732. The predicted molar refractivity (Wildman–Crippen MR) is 343 cm³/mol. The smallest absolute Gasteiger partial charge is 0.790 e. The molecule has 3 N–H and O–H groups in total. The molecule has 11 atom stereocenters. The molecule has 496 valence electrons. The average Bonchev–Trinajstić information content (AvgIpc) is 1.99. The van der Waals surface area contributed by atoms with Gasteiger partial charge in [-0.15, -0.1) is 6.42 Å². The first kappa shape index (κ1) is 88.1. The molecule has 0 unspecified atom stereocenters. The minimum absolute atomic E-state index is 0. The Hall–Kier alpha value is -2.94. The van der Waals surface area contributed by atoms with Gasteiger partial charge in [-0.2, -0.15) is 0 Å². The molecule has 2 amide bonds. The first-order chi connectivity index (χ1) is 43.2. The van der Waals surface area contributed by atoms with Gasteiger partial charge in [0.2, 0.25) is 11.8 Å². The summed E-state index contributed by atoms with van der Waals surface area (Å²) in [6.07, 6.45) is 29.2. The van der Waals surface area contributed by atoms with Crippen LogP contribution in [-0.2, 0) is 56.6 Å². The van der Waals surface area contributed by atoms with Crippen LogP contribution in [0.1, 0.15) is 227 Å². The summed E-state index contributed by atoms with van der Waals surface area (Å²) in [6.45, 7) is 8.54. The molecular formula is C71H105N2Na2O15P. The van der Waals surface area contributed by atoms with Crippen molar-refractivity contribution >= 4 is 25.4 Å². The number of nitrogens with one attached hydrogen (secondary N) is 2. The Kier molecular flexibility index (Phi) is 56.5. The van der Waals surface area contributed by atoms with Crippen molar-refractivity contribution in [2.75, 3.05) is 40.6 Å². The predicted octanol–water partition coefficient (Wildman–Crippen LogP) is 3.64. The summed E-state index contributed by atoms with van der Waals surface area (Å²) >= 11 is 0. The molecule has 0 radical (unpaired) electrons. The van der Waals surface area contributed by atoms with Crippen molar-refractivity contribution in [3.05, 3.63) is 12.2 Å². The number of phosphoric ester groups is 1. The monoisotopic (exact) mass is 1300 g/mol. The molecular weight excluding hydrogens is 1200 g/mol. The summed E-state index contributed by atoms with van der Waals surface area (Å²) < 4.78 is 61.1. The number of aliphatic hydroxyl groups is 1. The van der Waals surface area contributed by atoms with E-state index in [1.165, 1.54) is 51.4 Å². The Morgan fingerprint density at radius 3 is 1.63 bits per heavy atom. The number of aliphatic hydroxyl groups excluding tert-OH is 1. The van der Waals surface area contributed by atoms with Crippen molar-refractivity contribution in [2.24, 2.45) is 5.92 Å². The number of methoxy groups -OCH3 is 2. The Morgan fingerprint density at radius 2 is 1.07 bits per heavy atom.